The second-order valence-electron chi connectivity index (χ2n) is 6.85. The van der Waals surface area contributed by atoms with Crippen LogP contribution in [0.5, 0.6) is 0 Å². The van der Waals surface area contributed by atoms with Gasteiger partial charge >= 0.3 is 0 Å². The van der Waals surface area contributed by atoms with Gasteiger partial charge in [-0.3, -0.25) is 8.77 Å². The van der Waals surface area contributed by atoms with Crippen LogP contribution < -0.4 is 5.32 Å². The molecule has 30 heavy (non-hydrogen) atoms. The maximum atomic E-state index is 14.0. The molecule has 0 bridgehead atoms. The van der Waals surface area contributed by atoms with Crippen molar-refractivity contribution < 1.29 is 13.6 Å². The standard InChI is InChI=1S/C15H12F2IN5OS2.C4H10/c1-8(24)25-3-2-19-14-12(17)6-20-13(22-14)11-7-23(26-18)15-10(11)4-9(16)5-21-15;1-4(2)3/h4-7H,2-3H2,1H3,(H,19,20,22);4H,1-3H3. The molecule has 0 aliphatic rings. The van der Waals surface area contributed by atoms with Crippen molar-refractivity contribution in [3.63, 3.8) is 0 Å². The van der Waals surface area contributed by atoms with E-state index in [1.54, 1.807) is 10.2 Å². The molecule has 0 aromatic carbocycles. The summed E-state index contributed by atoms with van der Waals surface area (Å²) in [6, 6.07) is 1.35. The minimum atomic E-state index is -0.599. The number of hydrogen-bond acceptors (Lipinski definition) is 7. The molecule has 3 aromatic heterocycles. The molecule has 0 fully saturated rings. The van der Waals surface area contributed by atoms with E-state index in [0.29, 0.717) is 28.9 Å². The molecule has 1 N–H and O–H groups in total. The molecule has 0 amide bonds. The minimum Gasteiger partial charge on any atom is -0.367 e. The van der Waals surface area contributed by atoms with E-state index in [-0.39, 0.29) is 16.8 Å². The molecular formula is C19H22F2IN5OS2. The van der Waals surface area contributed by atoms with Gasteiger partial charge in [0.1, 0.15) is 5.82 Å². The molecule has 0 aliphatic carbocycles. The lowest BCUT2D eigenvalue weighted by Crippen LogP contribution is -2.09. The Kier molecular flexibility index (Phi) is 9.75. The quantitative estimate of drug-likeness (QED) is 0.292. The van der Waals surface area contributed by atoms with E-state index in [1.807, 2.05) is 0 Å². The summed E-state index contributed by atoms with van der Waals surface area (Å²) in [4.78, 5) is 23.3. The maximum absolute atomic E-state index is 14.0. The van der Waals surface area contributed by atoms with Gasteiger partial charge < -0.3 is 5.32 Å². The van der Waals surface area contributed by atoms with Crippen molar-refractivity contribution in [2.75, 3.05) is 17.6 Å². The van der Waals surface area contributed by atoms with Crippen LogP contribution in [0.15, 0.2) is 24.7 Å². The third-order valence-corrected chi connectivity index (χ3v) is 5.85. The molecule has 11 heteroatoms. The number of fused-ring (bicyclic) bond motifs is 1. The van der Waals surface area contributed by atoms with Crippen molar-refractivity contribution in [1.82, 2.24) is 18.9 Å². The summed E-state index contributed by atoms with van der Waals surface area (Å²) < 4.78 is 29.4. The van der Waals surface area contributed by atoms with Crippen LogP contribution in [-0.2, 0) is 4.79 Å². The van der Waals surface area contributed by atoms with Crippen LogP contribution in [0.1, 0.15) is 27.7 Å². The number of nitrogens with one attached hydrogen (secondary N) is 1. The number of hydrogen-bond donors (Lipinski definition) is 1. The smallest absolute Gasteiger partial charge is 0.185 e. The van der Waals surface area contributed by atoms with Crippen LogP contribution in [-0.4, -0.2) is 36.3 Å². The van der Waals surface area contributed by atoms with E-state index in [2.05, 4.69) is 62.2 Å². The summed E-state index contributed by atoms with van der Waals surface area (Å²) in [5.74, 6) is 0.546. The Balaban J connectivity index is 0.000000735. The van der Waals surface area contributed by atoms with Gasteiger partial charge in [0.25, 0.3) is 0 Å². The van der Waals surface area contributed by atoms with Crippen molar-refractivity contribution in [2.45, 2.75) is 27.7 Å². The van der Waals surface area contributed by atoms with E-state index in [0.717, 1.165) is 30.1 Å². The zero-order valence-corrected chi connectivity index (χ0v) is 20.7. The Labute approximate surface area is 194 Å². The molecule has 0 radical (unpaired) electrons. The normalized spacial score (nSPS) is 10.8. The molecule has 3 aromatic rings. The summed E-state index contributed by atoms with van der Waals surface area (Å²) in [5, 5.41) is 3.39. The fourth-order valence-electron chi connectivity index (χ4n) is 2.27. The molecule has 0 spiro atoms. The Morgan fingerprint density at radius 2 is 1.97 bits per heavy atom. The summed E-state index contributed by atoms with van der Waals surface area (Å²) in [5.41, 5.74) is 1.12. The topological polar surface area (TPSA) is 72.7 Å². The number of aromatic nitrogens is 4. The first-order valence-electron chi connectivity index (χ1n) is 9.08. The van der Waals surface area contributed by atoms with E-state index >= 15 is 0 Å². The number of thioether (sulfide) groups is 1. The highest BCUT2D eigenvalue weighted by Crippen LogP contribution is 2.33. The third-order valence-electron chi connectivity index (χ3n) is 3.34. The summed E-state index contributed by atoms with van der Waals surface area (Å²) in [7, 11) is 1.37. The number of nitrogens with zero attached hydrogens (tertiary/aromatic N) is 4. The van der Waals surface area contributed by atoms with E-state index in [4.69, 9.17) is 0 Å². The Morgan fingerprint density at radius 1 is 1.27 bits per heavy atom. The first kappa shape index (κ1) is 24.8. The van der Waals surface area contributed by atoms with Crippen LogP contribution in [0.4, 0.5) is 14.6 Å². The first-order chi connectivity index (χ1) is 14.2. The third kappa shape index (κ3) is 7.05. The zero-order chi connectivity index (χ0) is 22.3. The number of carbonyl (C=O) groups is 1. The molecular weight excluding hydrogens is 543 g/mol. The summed E-state index contributed by atoms with van der Waals surface area (Å²) in [6.07, 6.45) is 3.94. The predicted octanol–water partition coefficient (Wildman–Crippen LogP) is 5.97. The monoisotopic (exact) mass is 565 g/mol. The molecule has 0 unspecified atom stereocenters. The van der Waals surface area contributed by atoms with Gasteiger partial charge in [-0.1, -0.05) is 32.5 Å². The highest BCUT2D eigenvalue weighted by atomic mass is 127. The molecule has 3 rings (SSSR count). The van der Waals surface area contributed by atoms with Gasteiger partial charge in [-0.2, -0.15) is 0 Å². The number of rotatable bonds is 6. The Bertz CT molecular complexity index is 1010. The van der Waals surface area contributed by atoms with Gasteiger partial charge in [-0.25, -0.2) is 23.7 Å². The van der Waals surface area contributed by atoms with Gasteiger partial charge in [0.15, 0.2) is 28.2 Å². The lowest BCUT2D eigenvalue weighted by molar-refractivity contribution is -0.109. The summed E-state index contributed by atoms with van der Waals surface area (Å²) >= 11 is 3.23. The lowest BCUT2D eigenvalue weighted by atomic mass is 10.2. The van der Waals surface area contributed by atoms with Gasteiger partial charge in [-0.05, 0) is 12.0 Å². The maximum Gasteiger partial charge on any atom is 0.185 e. The van der Waals surface area contributed by atoms with Crippen LogP contribution in [0.2, 0.25) is 0 Å². The number of halogens is 3. The van der Waals surface area contributed by atoms with Crippen molar-refractivity contribution in [2.24, 2.45) is 5.92 Å². The molecule has 6 nitrogen and oxygen atoms in total. The van der Waals surface area contributed by atoms with Crippen molar-refractivity contribution >= 4 is 64.1 Å². The van der Waals surface area contributed by atoms with Gasteiger partial charge in [0, 0.05) is 66.7 Å². The highest BCUT2D eigenvalue weighted by molar-refractivity contribution is 14.2. The number of anilines is 1. The van der Waals surface area contributed by atoms with E-state index in [9.17, 15) is 13.6 Å². The second kappa shape index (κ2) is 11.8. The fraction of sp³-hybridized carbons (Fsp3) is 0.368. The predicted molar refractivity (Wildman–Crippen MR) is 130 cm³/mol. The Hall–Kier alpha value is -1.47. The average molecular weight is 565 g/mol. The van der Waals surface area contributed by atoms with Crippen molar-refractivity contribution in [3.8, 4) is 11.4 Å². The second-order valence-corrected chi connectivity index (χ2v) is 9.84. The fourth-order valence-corrected chi connectivity index (χ4v) is 4.02. The van der Waals surface area contributed by atoms with Crippen LogP contribution in [0.3, 0.4) is 0 Å². The average Bonchev–Trinajstić information content (AvgIpc) is 3.03. The van der Waals surface area contributed by atoms with Gasteiger partial charge in [0.05, 0.1) is 12.4 Å². The molecule has 0 saturated heterocycles. The largest absolute Gasteiger partial charge is 0.367 e. The molecule has 162 valence electrons. The van der Waals surface area contributed by atoms with Crippen LogP contribution in [0, 0.1) is 17.6 Å². The SMILES string of the molecule is CC(=O)SCCNc1nc(-c2cn(SI)c3ncc(F)cc23)ncc1F.CC(C)C. The van der Waals surface area contributed by atoms with Crippen molar-refractivity contribution in [1.29, 1.82) is 0 Å². The van der Waals surface area contributed by atoms with Crippen LogP contribution >= 0.6 is 42.1 Å². The van der Waals surface area contributed by atoms with Crippen LogP contribution in [0.25, 0.3) is 22.4 Å². The van der Waals surface area contributed by atoms with Gasteiger partial charge in [0.2, 0.25) is 0 Å². The van der Waals surface area contributed by atoms with E-state index in [1.165, 1.54) is 22.1 Å². The minimum absolute atomic E-state index is 0.00529. The van der Waals surface area contributed by atoms with E-state index < -0.39 is 11.6 Å². The molecule has 0 saturated carbocycles. The molecule has 0 atom stereocenters. The zero-order valence-electron chi connectivity index (χ0n) is 16.9. The van der Waals surface area contributed by atoms with Gasteiger partial charge in [-0.15, -0.1) is 0 Å². The number of carbonyl (C=O) groups excluding carboxylic acids is 1. The Morgan fingerprint density at radius 3 is 2.60 bits per heavy atom. The van der Waals surface area contributed by atoms with Crippen molar-refractivity contribution in [3.05, 3.63) is 36.3 Å². The highest BCUT2D eigenvalue weighted by Gasteiger charge is 2.16. The summed E-state index contributed by atoms with van der Waals surface area (Å²) in [6.45, 7) is 8.35. The molecule has 3 heterocycles. The number of pyridine rings is 1. The molecule has 0 aliphatic heterocycles. The lowest BCUT2D eigenvalue weighted by Gasteiger charge is -2.07. The first-order valence-corrected chi connectivity index (χ1v) is 13.4.